The van der Waals surface area contributed by atoms with Crippen LogP contribution in [-0.2, 0) is 4.79 Å². The zero-order chi connectivity index (χ0) is 14.3. The Morgan fingerprint density at radius 2 is 1.42 bits per heavy atom. The minimum Gasteiger partial charge on any atom is -0.353 e. The third-order valence-corrected chi connectivity index (χ3v) is 3.44. The molecule has 0 aromatic rings. The Hall–Kier alpha value is -0.790. The second-order valence-corrected chi connectivity index (χ2v) is 5.86. The van der Waals surface area contributed by atoms with Gasteiger partial charge in [-0.15, -0.1) is 0 Å². The summed E-state index contributed by atoms with van der Waals surface area (Å²) in [5, 5.41) is 2.81. The number of rotatable bonds is 13. The quantitative estimate of drug-likeness (QED) is 0.375. The van der Waals surface area contributed by atoms with Gasteiger partial charge in [0.15, 0.2) is 0 Å². The van der Waals surface area contributed by atoms with Crippen LogP contribution in [0.4, 0.5) is 0 Å². The summed E-state index contributed by atoms with van der Waals surface area (Å²) in [7, 11) is 0. The molecule has 112 valence electrons. The molecule has 0 aromatic carbocycles. The van der Waals surface area contributed by atoms with Crippen LogP contribution in [0.5, 0.6) is 0 Å². The topological polar surface area (TPSA) is 29.1 Å². The van der Waals surface area contributed by atoms with Crippen molar-refractivity contribution in [2.24, 2.45) is 5.92 Å². The molecule has 1 N–H and O–H groups in total. The van der Waals surface area contributed by atoms with Crippen molar-refractivity contribution in [1.82, 2.24) is 5.32 Å². The maximum absolute atomic E-state index is 10.9. The minimum atomic E-state index is -0.0543. The van der Waals surface area contributed by atoms with Gasteiger partial charge >= 0.3 is 0 Å². The normalized spacial score (nSPS) is 10.7. The molecule has 0 aromatic heterocycles. The molecule has 0 saturated carbocycles. The third kappa shape index (κ3) is 15.2. The van der Waals surface area contributed by atoms with E-state index in [1.165, 1.54) is 63.9 Å². The maximum atomic E-state index is 10.9. The van der Waals surface area contributed by atoms with E-state index < -0.39 is 0 Å². The average molecular weight is 267 g/mol. The molecule has 0 rings (SSSR count). The van der Waals surface area contributed by atoms with Gasteiger partial charge in [0.1, 0.15) is 0 Å². The SMILES string of the molecule is C=CC(=O)NCCCCCCCCCCCC(C)C. The summed E-state index contributed by atoms with van der Waals surface area (Å²) in [5.41, 5.74) is 0. The molecule has 0 aliphatic carbocycles. The van der Waals surface area contributed by atoms with E-state index in [0.717, 1.165) is 18.9 Å². The van der Waals surface area contributed by atoms with Gasteiger partial charge in [-0.05, 0) is 18.4 Å². The number of amides is 1. The Labute approximate surface area is 120 Å². The molecule has 0 spiro atoms. The molecular weight excluding hydrogens is 234 g/mol. The summed E-state index contributed by atoms with van der Waals surface area (Å²) >= 11 is 0. The van der Waals surface area contributed by atoms with E-state index in [0.29, 0.717) is 0 Å². The number of carbonyl (C=O) groups is 1. The maximum Gasteiger partial charge on any atom is 0.243 e. The van der Waals surface area contributed by atoms with Crippen LogP contribution in [0.3, 0.4) is 0 Å². The zero-order valence-corrected chi connectivity index (χ0v) is 13.0. The van der Waals surface area contributed by atoms with Crippen LogP contribution in [-0.4, -0.2) is 12.5 Å². The van der Waals surface area contributed by atoms with Crippen molar-refractivity contribution in [2.45, 2.75) is 78.1 Å². The smallest absolute Gasteiger partial charge is 0.243 e. The van der Waals surface area contributed by atoms with Gasteiger partial charge in [-0.25, -0.2) is 0 Å². The number of hydrogen-bond acceptors (Lipinski definition) is 1. The molecule has 1 amide bonds. The Morgan fingerprint density at radius 3 is 1.89 bits per heavy atom. The standard InChI is InChI=1S/C17H33NO/c1-4-17(19)18-15-13-11-9-7-5-6-8-10-12-14-16(2)3/h4,16H,1,5-15H2,2-3H3,(H,18,19). The van der Waals surface area contributed by atoms with Crippen molar-refractivity contribution in [3.63, 3.8) is 0 Å². The lowest BCUT2D eigenvalue weighted by atomic mass is 10.0. The predicted octanol–water partition coefficient (Wildman–Crippen LogP) is 4.85. The highest BCUT2D eigenvalue weighted by Gasteiger charge is 1.96. The fourth-order valence-electron chi connectivity index (χ4n) is 2.20. The van der Waals surface area contributed by atoms with Crippen LogP contribution >= 0.6 is 0 Å². The van der Waals surface area contributed by atoms with Gasteiger partial charge in [-0.1, -0.05) is 78.2 Å². The Bertz CT molecular complexity index is 223. The highest BCUT2D eigenvalue weighted by atomic mass is 16.1. The lowest BCUT2D eigenvalue weighted by Gasteiger charge is -2.05. The number of unbranched alkanes of at least 4 members (excludes halogenated alkanes) is 8. The average Bonchev–Trinajstić information content (AvgIpc) is 2.39. The monoisotopic (exact) mass is 267 g/mol. The van der Waals surface area contributed by atoms with E-state index >= 15 is 0 Å². The van der Waals surface area contributed by atoms with Gasteiger partial charge in [0.25, 0.3) is 0 Å². The minimum absolute atomic E-state index is 0.0543. The van der Waals surface area contributed by atoms with E-state index in [1.807, 2.05) is 0 Å². The van der Waals surface area contributed by atoms with Crippen molar-refractivity contribution in [3.8, 4) is 0 Å². The molecule has 0 fully saturated rings. The molecule has 0 atom stereocenters. The molecule has 0 saturated heterocycles. The summed E-state index contributed by atoms with van der Waals surface area (Å²) in [4.78, 5) is 10.9. The summed E-state index contributed by atoms with van der Waals surface area (Å²) in [5.74, 6) is 0.808. The number of carbonyl (C=O) groups excluding carboxylic acids is 1. The van der Waals surface area contributed by atoms with Gasteiger partial charge in [0.05, 0.1) is 0 Å². The second-order valence-electron chi connectivity index (χ2n) is 5.86. The fraction of sp³-hybridized carbons (Fsp3) is 0.824. The lowest BCUT2D eigenvalue weighted by Crippen LogP contribution is -2.21. The predicted molar refractivity (Wildman–Crippen MR) is 84.2 cm³/mol. The highest BCUT2D eigenvalue weighted by Crippen LogP contribution is 2.12. The molecule has 0 bridgehead atoms. The molecule has 0 heterocycles. The first-order chi connectivity index (χ1) is 9.16. The summed E-state index contributed by atoms with van der Waals surface area (Å²) in [6.45, 7) is 8.83. The lowest BCUT2D eigenvalue weighted by molar-refractivity contribution is -0.116. The molecule has 2 heteroatoms. The Morgan fingerprint density at radius 1 is 0.947 bits per heavy atom. The largest absolute Gasteiger partial charge is 0.353 e. The van der Waals surface area contributed by atoms with E-state index in [1.54, 1.807) is 0 Å². The summed E-state index contributed by atoms with van der Waals surface area (Å²) < 4.78 is 0. The Kier molecular flexibility index (Phi) is 13.1. The fourth-order valence-corrected chi connectivity index (χ4v) is 2.20. The van der Waals surface area contributed by atoms with Crippen molar-refractivity contribution >= 4 is 5.91 Å². The van der Waals surface area contributed by atoms with Gasteiger partial charge in [0.2, 0.25) is 5.91 Å². The third-order valence-electron chi connectivity index (χ3n) is 3.44. The van der Waals surface area contributed by atoms with Crippen LogP contribution in [0, 0.1) is 5.92 Å². The van der Waals surface area contributed by atoms with E-state index in [2.05, 4.69) is 25.7 Å². The van der Waals surface area contributed by atoms with Gasteiger partial charge in [-0.2, -0.15) is 0 Å². The summed E-state index contributed by atoms with van der Waals surface area (Å²) in [6.07, 6.45) is 14.7. The van der Waals surface area contributed by atoms with Crippen LogP contribution in [0.2, 0.25) is 0 Å². The molecule has 0 radical (unpaired) electrons. The van der Waals surface area contributed by atoms with Crippen LogP contribution < -0.4 is 5.32 Å². The van der Waals surface area contributed by atoms with E-state index in [4.69, 9.17) is 0 Å². The van der Waals surface area contributed by atoms with Gasteiger partial charge in [0, 0.05) is 6.54 Å². The van der Waals surface area contributed by atoms with Crippen LogP contribution in [0.25, 0.3) is 0 Å². The Balaban J connectivity index is 3.03. The molecule has 0 unspecified atom stereocenters. The molecule has 0 aliphatic rings. The van der Waals surface area contributed by atoms with Crippen molar-refractivity contribution in [2.75, 3.05) is 6.54 Å². The molecular formula is C17H33NO. The van der Waals surface area contributed by atoms with Crippen LogP contribution in [0.15, 0.2) is 12.7 Å². The van der Waals surface area contributed by atoms with E-state index in [-0.39, 0.29) is 5.91 Å². The molecule has 19 heavy (non-hydrogen) atoms. The van der Waals surface area contributed by atoms with Crippen molar-refractivity contribution < 1.29 is 4.79 Å². The summed E-state index contributed by atoms with van der Waals surface area (Å²) in [6, 6.07) is 0. The number of hydrogen-bond donors (Lipinski definition) is 1. The van der Waals surface area contributed by atoms with Gasteiger partial charge < -0.3 is 5.32 Å². The second kappa shape index (κ2) is 13.6. The molecule has 0 aliphatic heterocycles. The number of nitrogens with one attached hydrogen (secondary N) is 1. The first-order valence-corrected chi connectivity index (χ1v) is 8.07. The van der Waals surface area contributed by atoms with Crippen molar-refractivity contribution in [1.29, 1.82) is 0 Å². The van der Waals surface area contributed by atoms with Crippen LogP contribution in [0.1, 0.15) is 78.1 Å². The van der Waals surface area contributed by atoms with Gasteiger partial charge in [-0.3, -0.25) is 4.79 Å². The molecule has 2 nitrogen and oxygen atoms in total. The first-order valence-electron chi connectivity index (χ1n) is 8.07. The zero-order valence-electron chi connectivity index (χ0n) is 13.0. The van der Waals surface area contributed by atoms with E-state index in [9.17, 15) is 4.79 Å². The van der Waals surface area contributed by atoms with Crippen molar-refractivity contribution in [3.05, 3.63) is 12.7 Å². The first kappa shape index (κ1) is 18.2. The highest BCUT2D eigenvalue weighted by molar-refractivity contribution is 5.86.